The first kappa shape index (κ1) is 8.70. The van der Waals surface area contributed by atoms with E-state index >= 15 is 0 Å². The molecule has 1 heterocycles. The maximum Gasteiger partial charge on any atom is 0.164 e. The first-order chi connectivity index (χ1) is 5.04. The molecule has 0 aromatic carbocycles. The molecule has 0 saturated heterocycles. The number of aryl methyl sites for hydroxylation is 2. The number of carbonyl (C=O) groups is 1. The predicted octanol–water partition coefficient (Wildman–Crippen LogP) is 1.54. The summed E-state index contributed by atoms with van der Waals surface area (Å²) in [6.07, 6.45) is 0. The molecule has 0 amide bonds. The van der Waals surface area contributed by atoms with Gasteiger partial charge in [0.05, 0.1) is 11.3 Å². The van der Waals surface area contributed by atoms with Crippen molar-refractivity contribution in [3.8, 4) is 0 Å². The van der Waals surface area contributed by atoms with Crippen molar-refractivity contribution in [2.45, 2.75) is 13.8 Å². The monoisotopic (exact) mass is 264 g/mol. The van der Waals surface area contributed by atoms with Gasteiger partial charge in [-0.25, -0.2) is 0 Å². The molecule has 1 rings (SSSR count). The Morgan fingerprint density at radius 1 is 1.64 bits per heavy atom. The Morgan fingerprint density at radius 3 is 2.36 bits per heavy atom. The van der Waals surface area contributed by atoms with E-state index in [2.05, 4.69) is 27.7 Å². The summed E-state index contributed by atoms with van der Waals surface area (Å²) in [5, 5.41) is 4.12. The zero-order valence-corrected chi connectivity index (χ0v) is 8.84. The number of aromatic nitrogens is 2. The summed E-state index contributed by atoms with van der Waals surface area (Å²) in [5.74, 6) is 0.0833. The third-order valence-electron chi connectivity index (χ3n) is 1.50. The second-order valence-corrected chi connectivity index (χ2v) is 3.45. The molecule has 3 nitrogen and oxygen atoms in total. The van der Waals surface area contributed by atoms with Crippen molar-refractivity contribution < 1.29 is 4.79 Å². The van der Waals surface area contributed by atoms with Gasteiger partial charge >= 0.3 is 0 Å². The van der Waals surface area contributed by atoms with Gasteiger partial charge in [0, 0.05) is 7.05 Å². The van der Waals surface area contributed by atoms with Crippen LogP contribution in [-0.4, -0.2) is 15.6 Å². The highest BCUT2D eigenvalue weighted by Crippen LogP contribution is 2.15. The van der Waals surface area contributed by atoms with Crippen molar-refractivity contribution in [3.63, 3.8) is 0 Å². The molecule has 0 saturated carbocycles. The predicted molar refractivity (Wildman–Crippen MR) is 50.7 cm³/mol. The lowest BCUT2D eigenvalue weighted by atomic mass is 10.2. The number of hydrogen-bond donors (Lipinski definition) is 0. The highest BCUT2D eigenvalue weighted by atomic mass is 127. The Balaban J connectivity index is 3.34. The van der Waals surface area contributed by atoms with Crippen LogP contribution >= 0.6 is 22.6 Å². The molecule has 11 heavy (non-hydrogen) atoms. The van der Waals surface area contributed by atoms with Gasteiger partial charge in [-0.2, -0.15) is 5.10 Å². The van der Waals surface area contributed by atoms with Crippen molar-refractivity contribution in [2.75, 3.05) is 0 Å². The fourth-order valence-electron chi connectivity index (χ4n) is 1.03. The van der Waals surface area contributed by atoms with Gasteiger partial charge in [-0.05, 0) is 36.4 Å². The minimum absolute atomic E-state index is 0.0833. The van der Waals surface area contributed by atoms with Crippen LogP contribution in [0, 0.1) is 10.6 Å². The normalized spacial score (nSPS) is 10.2. The quantitative estimate of drug-likeness (QED) is 0.569. The van der Waals surface area contributed by atoms with E-state index in [1.165, 1.54) is 0 Å². The summed E-state index contributed by atoms with van der Waals surface area (Å²) in [7, 11) is 1.83. The molecule has 0 fully saturated rings. The molecule has 0 bridgehead atoms. The summed E-state index contributed by atoms with van der Waals surface area (Å²) in [6.45, 7) is 3.41. The summed E-state index contributed by atoms with van der Waals surface area (Å²) >= 11 is 2.12. The molecule has 4 heteroatoms. The van der Waals surface area contributed by atoms with Crippen LogP contribution in [0.25, 0.3) is 0 Å². The minimum atomic E-state index is 0.0833. The molecule has 0 aliphatic rings. The summed E-state index contributed by atoms with van der Waals surface area (Å²) in [4.78, 5) is 11.0. The van der Waals surface area contributed by atoms with E-state index in [0.717, 1.165) is 15.0 Å². The van der Waals surface area contributed by atoms with Crippen molar-refractivity contribution in [1.82, 2.24) is 9.78 Å². The average molecular weight is 264 g/mol. The first-order valence-corrected chi connectivity index (χ1v) is 4.32. The first-order valence-electron chi connectivity index (χ1n) is 3.24. The van der Waals surface area contributed by atoms with E-state index in [1.54, 1.807) is 11.6 Å². The SMILES string of the molecule is CC(=O)c1c(C)nn(C)c1I. The maximum absolute atomic E-state index is 11.0. The lowest BCUT2D eigenvalue weighted by Gasteiger charge is -1.92. The maximum atomic E-state index is 11.0. The summed E-state index contributed by atoms with van der Waals surface area (Å²) in [6, 6.07) is 0. The van der Waals surface area contributed by atoms with Crippen LogP contribution in [-0.2, 0) is 7.05 Å². The van der Waals surface area contributed by atoms with E-state index in [1.807, 2.05) is 14.0 Å². The van der Waals surface area contributed by atoms with Crippen LogP contribution in [0.3, 0.4) is 0 Å². The lowest BCUT2D eigenvalue weighted by molar-refractivity contribution is 0.101. The van der Waals surface area contributed by atoms with E-state index in [-0.39, 0.29) is 5.78 Å². The van der Waals surface area contributed by atoms with Crippen LogP contribution in [0.1, 0.15) is 23.0 Å². The molecule has 0 radical (unpaired) electrons. The Bertz CT molecular complexity index is 304. The second kappa shape index (κ2) is 2.92. The van der Waals surface area contributed by atoms with Crippen molar-refractivity contribution in [3.05, 3.63) is 15.0 Å². The van der Waals surface area contributed by atoms with Crippen LogP contribution in [0.2, 0.25) is 0 Å². The van der Waals surface area contributed by atoms with E-state index < -0.39 is 0 Å². The van der Waals surface area contributed by atoms with Crippen LogP contribution in [0.4, 0.5) is 0 Å². The Morgan fingerprint density at radius 2 is 2.18 bits per heavy atom. The molecule has 60 valence electrons. The van der Waals surface area contributed by atoms with Gasteiger partial charge in [0.15, 0.2) is 5.78 Å². The minimum Gasteiger partial charge on any atom is -0.294 e. The lowest BCUT2D eigenvalue weighted by Crippen LogP contribution is -1.97. The zero-order valence-electron chi connectivity index (χ0n) is 6.68. The van der Waals surface area contributed by atoms with Crippen molar-refractivity contribution >= 4 is 28.4 Å². The molecule has 0 atom stereocenters. The van der Waals surface area contributed by atoms with Gasteiger partial charge in [0.1, 0.15) is 3.70 Å². The highest BCUT2D eigenvalue weighted by Gasteiger charge is 2.13. The number of Topliss-reactive ketones (excluding diaryl/α,β-unsaturated/α-hetero) is 1. The topological polar surface area (TPSA) is 34.9 Å². The molecular formula is C7H9IN2O. The van der Waals surface area contributed by atoms with Gasteiger partial charge < -0.3 is 0 Å². The number of ketones is 1. The molecule has 0 aliphatic carbocycles. The van der Waals surface area contributed by atoms with E-state index in [4.69, 9.17) is 0 Å². The summed E-state index contributed by atoms with van der Waals surface area (Å²) in [5.41, 5.74) is 1.55. The van der Waals surface area contributed by atoms with Gasteiger partial charge in [0.2, 0.25) is 0 Å². The number of carbonyl (C=O) groups excluding carboxylic acids is 1. The Labute approximate surface area is 78.9 Å². The standard InChI is InChI=1S/C7H9IN2O/c1-4-6(5(2)11)7(8)10(3)9-4/h1-3H3. The Kier molecular flexibility index (Phi) is 2.31. The van der Waals surface area contributed by atoms with Crippen molar-refractivity contribution in [1.29, 1.82) is 0 Å². The fourth-order valence-corrected chi connectivity index (χ4v) is 1.91. The molecule has 0 N–H and O–H groups in total. The molecule has 0 unspecified atom stereocenters. The molecule has 0 aliphatic heterocycles. The fraction of sp³-hybridized carbons (Fsp3) is 0.429. The van der Waals surface area contributed by atoms with E-state index in [0.29, 0.717) is 0 Å². The van der Waals surface area contributed by atoms with E-state index in [9.17, 15) is 4.79 Å². The third-order valence-corrected chi connectivity index (χ3v) is 2.74. The molecular weight excluding hydrogens is 255 g/mol. The molecule has 1 aromatic rings. The molecule has 0 spiro atoms. The third kappa shape index (κ3) is 1.45. The number of nitrogens with zero attached hydrogens (tertiary/aromatic N) is 2. The van der Waals surface area contributed by atoms with Crippen LogP contribution < -0.4 is 0 Å². The van der Waals surface area contributed by atoms with Crippen LogP contribution in [0.15, 0.2) is 0 Å². The number of hydrogen-bond acceptors (Lipinski definition) is 2. The highest BCUT2D eigenvalue weighted by molar-refractivity contribution is 14.1. The summed E-state index contributed by atoms with van der Waals surface area (Å²) < 4.78 is 2.62. The van der Waals surface area contributed by atoms with Crippen molar-refractivity contribution in [2.24, 2.45) is 7.05 Å². The van der Waals surface area contributed by atoms with Gasteiger partial charge in [-0.1, -0.05) is 0 Å². The average Bonchev–Trinajstić information content (AvgIpc) is 2.07. The van der Waals surface area contributed by atoms with Gasteiger partial charge in [0.25, 0.3) is 0 Å². The number of halogens is 1. The Hall–Kier alpha value is -0.390. The van der Waals surface area contributed by atoms with Gasteiger partial charge in [-0.3, -0.25) is 9.48 Å². The number of rotatable bonds is 1. The smallest absolute Gasteiger partial charge is 0.164 e. The second-order valence-electron chi connectivity index (χ2n) is 2.43. The van der Waals surface area contributed by atoms with Gasteiger partial charge in [-0.15, -0.1) is 0 Å². The molecule has 1 aromatic heterocycles. The largest absolute Gasteiger partial charge is 0.294 e. The zero-order chi connectivity index (χ0) is 8.59. The van der Waals surface area contributed by atoms with Crippen LogP contribution in [0.5, 0.6) is 0 Å².